The summed E-state index contributed by atoms with van der Waals surface area (Å²) in [5, 5.41) is 0. The summed E-state index contributed by atoms with van der Waals surface area (Å²) in [6, 6.07) is 2.12. The summed E-state index contributed by atoms with van der Waals surface area (Å²) in [7, 11) is 1.80. The summed E-state index contributed by atoms with van der Waals surface area (Å²) in [4.78, 5) is 8.40. The molecule has 2 nitrogen and oxygen atoms in total. The minimum absolute atomic E-state index is 1.05. The molecule has 0 aliphatic rings. The van der Waals surface area contributed by atoms with Crippen molar-refractivity contribution in [3.8, 4) is 0 Å². The molecule has 1 rings (SSSR count). The van der Waals surface area contributed by atoms with Gasteiger partial charge in [0.1, 0.15) is 0 Å². The van der Waals surface area contributed by atoms with Gasteiger partial charge in [0.15, 0.2) is 0 Å². The van der Waals surface area contributed by atoms with Crippen LogP contribution in [-0.2, 0) is 0 Å². The highest BCUT2D eigenvalue weighted by Gasteiger charge is 2.01. The van der Waals surface area contributed by atoms with E-state index in [-0.39, 0.29) is 0 Å². The Morgan fingerprint density at radius 2 is 2.08 bits per heavy atom. The number of hydrogen-bond donors (Lipinski definition) is 0. The van der Waals surface area contributed by atoms with Gasteiger partial charge in [-0.05, 0) is 32.4 Å². The van der Waals surface area contributed by atoms with Gasteiger partial charge in [-0.3, -0.25) is 9.98 Å². The van der Waals surface area contributed by atoms with Crippen LogP contribution in [0, 0.1) is 13.8 Å². The van der Waals surface area contributed by atoms with Crippen molar-refractivity contribution in [3.05, 3.63) is 29.1 Å². The highest BCUT2D eigenvalue weighted by molar-refractivity contribution is 5.99. The molecule has 0 unspecified atom stereocenters. The Morgan fingerprint density at radius 3 is 2.67 bits per heavy atom. The van der Waals surface area contributed by atoms with Crippen molar-refractivity contribution in [2.75, 3.05) is 7.05 Å². The SMILES string of the molecule is C/N=C(/C)c1cc(C)cnc1C. The molecule has 2 heteroatoms. The van der Waals surface area contributed by atoms with Gasteiger partial charge in [0.2, 0.25) is 0 Å². The van der Waals surface area contributed by atoms with Crippen LogP contribution < -0.4 is 0 Å². The van der Waals surface area contributed by atoms with Crippen LogP contribution in [0.2, 0.25) is 0 Å². The van der Waals surface area contributed by atoms with E-state index in [1.54, 1.807) is 7.05 Å². The van der Waals surface area contributed by atoms with Crippen molar-refractivity contribution in [1.29, 1.82) is 0 Å². The van der Waals surface area contributed by atoms with Gasteiger partial charge in [0.25, 0.3) is 0 Å². The fourth-order valence-electron chi connectivity index (χ4n) is 1.12. The zero-order valence-electron chi connectivity index (χ0n) is 8.05. The van der Waals surface area contributed by atoms with E-state index in [0.29, 0.717) is 0 Å². The zero-order chi connectivity index (χ0) is 9.14. The lowest BCUT2D eigenvalue weighted by Crippen LogP contribution is -2.00. The van der Waals surface area contributed by atoms with Crippen molar-refractivity contribution < 1.29 is 0 Å². The summed E-state index contributed by atoms with van der Waals surface area (Å²) in [6.45, 7) is 6.05. The molecule has 1 heterocycles. The third-order valence-electron chi connectivity index (χ3n) is 1.95. The first-order valence-corrected chi connectivity index (χ1v) is 4.02. The standard InChI is InChI=1S/C10H14N2/c1-7-5-10(8(2)11-4)9(3)12-6-7/h5-6H,1-4H3/b11-8-. The predicted molar refractivity (Wildman–Crippen MR) is 51.8 cm³/mol. The Labute approximate surface area is 73.4 Å². The highest BCUT2D eigenvalue weighted by Crippen LogP contribution is 2.08. The number of aryl methyl sites for hydroxylation is 2. The van der Waals surface area contributed by atoms with Crippen LogP contribution in [0.5, 0.6) is 0 Å². The molecule has 0 spiro atoms. The number of aromatic nitrogens is 1. The van der Waals surface area contributed by atoms with Crippen molar-refractivity contribution in [2.45, 2.75) is 20.8 Å². The average molecular weight is 162 g/mol. The number of nitrogens with zero attached hydrogens (tertiary/aromatic N) is 2. The van der Waals surface area contributed by atoms with Gasteiger partial charge >= 0.3 is 0 Å². The van der Waals surface area contributed by atoms with Crippen LogP contribution in [0.25, 0.3) is 0 Å². The number of rotatable bonds is 1. The summed E-state index contributed by atoms with van der Waals surface area (Å²) >= 11 is 0. The van der Waals surface area contributed by atoms with Crippen molar-refractivity contribution >= 4 is 5.71 Å². The van der Waals surface area contributed by atoms with Gasteiger partial charge in [0, 0.05) is 30.2 Å². The van der Waals surface area contributed by atoms with E-state index < -0.39 is 0 Å². The molecule has 0 aliphatic carbocycles. The van der Waals surface area contributed by atoms with Crippen molar-refractivity contribution in [3.63, 3.8) is 0 Å². The van der Waals surface area contributed by atoms with Crippen LogP contribution >= 0.6 is 0 Å². The number of aliphatic imine (C=N–C) groups is 1. The topological polar surface area (TPSA) is 25.2 Å². The second kappa shape index (κ2) is 3.48. The maximum Gasteiger partial charge on any atom is 0.0463 e. The second-order valence-electron chi connectivity index (χ2n) is 2.95. The molecule has 0 fully saturated rings. The molecular formula is C10H14N2. The average Bonchev–Trinajstić information content (AvgIpc) is 2.08. The van der Waals surface area contributed by atoms with Gasteiger partial charge in [0.05, 0.1) is 0 Å². The zero-order valence-corrected chi connectivity index (χ0v) is 8.05. The van der Waals surface area contributed by atoms with E-state index in [0.717, 1.165) is 17.0 Å². The second-order valence-corrected chi connectivity index (χ2v) is 2.95. The monoisotopic (exact) mass is 162 g/mol. The number of pyridine rings is 1. The predicted octanol–water partition coefficient (Wildman–Crippen LogP) is 2.14. The minimum Gasteiger partial charge on any atom is -0.293 e. The molecule has 1 aromatic rings. The fourth-order valence-corrected chi connectivity index (χ4v) is 1.12. The first-order chi connectivity index (χ1) is 5.65. The van der Waals surface area contributed by atoms with Crippen LogP contribution in [-0.4, -0.2) is 17.7 Å². The lowest BCUT2D eigenvalue weighted by atomic mass is 10.1. The third-order valence-corrected chi connectivity index (χ3v) is 1.95. The Morgan fingerprint density at radius 1 is 1.42 bits per heavy atom. The molecule has 0 aliphatic heterocycles. The molecule has 0 bridgehead atoms. The van der Waals surface area contributed by atoms with E-state index in [9.17, 15) is 0 Å². The maximum absolute atomic E-state index is 4.27. The molecule has 0 atom stereocenters. The lowest BCUT2D eigenvalue weighted by molar-refractivity contribution is 1.15. The molecule has 0 saturated carbocycles. The largest absolute Gasteiger partial charge is 0.293 e. The summed E-state index contributed by atoms with van der Waals surface area (Å²) < 4.78 is 0. The van der Waals surface area contributed by atoms with Crippen molar-refractivity contribution in [2.24, 2.45) is 4.99 Å². The van der Waals surface area contributed by atoms with Gasteiger partial charge in [-0.15, -0.1) is 0 Å². The van der Waals surface area contributed by atoms with E-state index in [2.05, 4.69) is 16.0 Å². The normalized spacial score (nSPS) is 11.8. The van der Waals surface area contributed by atoms with Crippen LogP contribution in [0.4, 0.5) is 0 Å². The van der Waals surface area contributed by atoms with Crippen molar-refractivity contribution in [1.82, 2.24) is 4.98 Å². The molecule has 0 saturated heterocycles. The lowest BCUT2D eigenvalue weighted by Gasteiger charge is -2.04. The van der Waals surface area contributed by atoms with Crippen LogP contribution in [0.3, 0.4) is 0 Å². The molecule has 0 aromatic carbocycles. The van der Waals surface area contributed by atoms with Gasteiger partial charge in [-0.2, -0.15) is 0 Å². The first-order valence-electron chi connectivity index (χ1n) is 4.02. The molecule has 0 amide bonds. The molecule has 0 N–H and O–H groups in total. The first kappa shape index (κ1) is 8.91. The minimum atomic E-state index is 1.05. The van der Waals surface area contributed by atoms with Gasteiger partial charge < -0.3 is 0 Å². The quantitative estimate of drug-likeness (QED) is 0.581. The van der Waals surface area contributed by atoms with E-state index in [1.165, 1.54) is 5.56 Å². The summed E-state index contributed by atoms with van der Waals surface area (Å²) in [6.07, 6.45) is 1.88. The van der Waals surface area contributed by atoms with Crippen LogP contribution in [0.1, 0.15) is 23.7 Å². The smallest absolute Gasteiger partial charge is 0.0463 e. The molecule has 64 valence electrons. The summed E-state index contributed by atoms with van der Waals surface area (Å²) in [5.41, 5.74) is 4.42. The van der Waals surface area contributed by atoms with E-state index >= 15 is 0 Å². The Bertz CT molecular complexity index is 314. The Kier molecular flexibility index (Phi) is 2.58. The molecule has 12 heavy (non-hydrogen) atoms. The maximum atomic E-state index is 4.27. The fraction of sp³-hybridized carbons (Fsp3) is 0.400. The van der Waals surface area contributed by atoms with E-state index in [1.807, 2.05) is 27.0 Å². The molecule has 0 radical (unpaired) electrons. The Balaban J connectivity index is 3.23. The summed E-state index contributed by atoms with van der Waals surface area (Å²) in [5.74, 6) is 0. The molecule has 1 aromatic heterocycles. The third kappa shape index (κ3) is 1.70. The van der Waals surface area contributed by atoms with Crippen LogP contribution in [0.15, 0.2) is 17.3 Å². The Hall–Kier alpha value is -1.18. The number of hydrogen-bond acceptors (Lipinski definition) is 2. The van der Waals surface area contributed by atoms with Gasteiger partial charge in [-0.1, -0.05) is 0 Å². The van der Waals surface area contributed by atoms with E-state index in [4.69, 9.17) is 0 Å². The molecular weight excluding hydrogens is 148 g/mol. The van der Waals surface area contributed by atoms with Gasteiger partial charge in [-0.25, -0.2) is 0 Å². The highest BCUT2D eigenvalue weighted by atomic mass is 14.7.